The van der Waals surface area contributed by atoms with Gasteiger partial charge in [0.25, 0.3) is 0 Å². The number of terminal acetylenes is 1. The van der Waals surface area contributed by atoms with Crippen molar-refractivity contribution >= 4 is 10.1 Å². The molecule has 0 amide bonds. The molecule has 246 valence electrons. The van der Waals surface area contributed by atoms with Crippen LogP contribution in [0.15, 0.2) is 65.6 Å². The van der Waals surface area contributed by atoms with Crippen molar-refractivity contribution in [3.05, 3.63) is 124 Å². The Bertz CT molecular complexity index is 2230. The molecule has 5 nitrogen and oxygen atoms in total. The van der Waals surface area contributed by atoms with E-state index < -0.39 is 89.7 Å². The van der Waals surface area contributed by atoms with Gasteiger partial charge in [-0.05, 0) is 55.8 Å². The van der Waals surface area contributed by atoms with E-state index in [4.69, 9.17) is 15.9 Å². The fraction of sp³-hybridized carbons (Fsp3) is 0.0588. The van der Waals surface area contributed by atoms with Crippen LogP contribution >= 0.6 is 0 Å². The van der Waals surface area contributed by atoms with E-state index in [1.54, 1.807) is 43.3 Å². The van der Waals surface area contributed by atoms with Crippen molar-refractivity contribution in [1.29, 1.82) is 0 Å². The Labute approximate surface area is 316 Å². The minimum absolute atomic E-state index is 0. The van der Waals surface area contributed by atoms with Gasteiger partial charge in [-0.2, -0.15) is 8.78 Å². The summed E-state index contributed by atoms with van der Waals surface area (Å²) in [5.41, 5.74) is -2.92. The summed E-state index contributed by atoms with van der Waals surface area (Å²) in [5, 5.41) is 0. The van der Waals surface area contributed by atoms with Crippen molar-refractivity contribution in [2.24, 2.45) is 0 Å². The van der Waals surface area contributed by atoms with Crippen LogP contribution in [0.25, 0.3) is 22.3 Å². The Morgan fingerprint density at radius 3 is 1.67 bits per heavy atom. The molecule has 0 aliphatic heterocycles. The molecule has 0 unspecified atom stereocenters. The summed E-state index contributed by atoms with van der Waals surface area (Å²) in [6.45, 7) is 2.39. The molecule has 5 rings (SSSR count). The molecule has 0 saturated carbocycles. The van der Waals surface area contributed by atoms with E-state index in [0.29, 0.717) is 35.7 Å². The van der Waals surface area contributed by atoms with E-state index in [2.05, 4.69) is 5.92 Å². The summed E-state index contributed by atoms with van der Waals surface area (Å²) >= 11 is 0. The smallest absolute Gasteiger partial charge is 0.744 e. The third-order valence-corrected chi connectivity index (χ3v) is 7.94. The van der Waals surface area contributed by atoms with E-state index in [-0.39, 0.29) is 62.9 Å². The molecule has 0 heterocycles. The van der Waals surface area contributed by atoms with E-state index in [9.17, 15) is 30.5 Å². The largest absolute Gasteiger partial charge is 1.00 e. The van der Waals surface area contributed by atoms with E-state index in [0.717, 1.165) is 11.6 Å². The van der Waals surface area contributed by atoms with Crippen LogP contribution in [0.4, 0.5) is 35.1 Å². The SMILES string of the molecule is C#Cc1ccc(-c2cc(C)ccc2Oc2ccc(Oc3c(F)c(F)c(-c4c(F)c(F)c(C)c(F)c4F)c(F)c3F)c(S(=O)(=O)[O-])c2)cc1.[K+]. The molecule has 15 heteroatoms. The molecule has 0 bridgehead atoms. The molecule has 0 aromatic heterocycles. The molecule has 5 aromatic carbocycles. The van der Waals surface area contributed by atoms with Gasteiger partial charge < -0.3 is 14.0 Å². The number of aryl methyl sites for hydroxylation is 1. The summed E-state index contributed by atoms with van der Waals surface area (Å²) in [6.07, 6.45) is 5.40. The van der Waals surface area contributed by atoms with Crippen molar-refractivity contribution in [1.82, 2.24) is 0 Å². The fourth-order valence-electron chi connectivity index (χ4n) is 4.65. The van der Waals surface area contributed by atoms with E-state index in [1.807, 2.05) is 0 Å². The molecule has 0 fully saturated rings. The minimum atomic E-state index is -5.56. The maximum Gasteiger partial charge on any atom is 1.00 e. The molecule has 0 aliphatic carbocycles. The molecule has 0 saturated heterocycles. The molecule has 0 radical (unpaired) electrons. The second-order valence-corrected chi connectivity index (χ2v) is 11.6. The van der Waals surface area contributed by atoms with E-state index >= 15 is 17.6 Å². The summed E-state index contributed by atoms with van der Waals surface area (Å²) in [6, 6.07) is 13.9. The minimum Gasteiger partial charge on any atom is -0.744 e. The molecule has 0 atom stereocenters. The van der Waals surface area contributed by atoms with Gasteiger partial charge in [0.15, 0.2) is 34.9 Å². The van der Waals surface area contributed by atoms with Gasteiger partial charge in [-0.25, -0.2) is 34.8 Å². The number of hydrogen-bond donors (Lipinski definition) is 0. The van der Waals surface area contributed by atoms with Crippen LogP contribution in [0.2, 0.25) is 0 Å². The van der Waals surface area contributed by atoms with E-state index in [1.165, 1.54) is 6.07 Å². The van der Waals surface area contributed by atoms with Crippen LogP contribution < -0.4 is 60.9 Å². The zero-order chi connectivity index (χ0) is 35.2. The first-order valence-corrected chi connectivity index (χ1v) is 14.8. The molecule has 0 N–H and O–H groups in total. The van der Waals surface area contributed by atoms with Crippen LogP contribution in [0.1, 0.15) is 16.7 Å². The molecule has 49 heavy (non-hydrogen) atoms. The van der Waals surface area contributed by atoms with Gasteiger partial charge in [0.05, 0.1) is 11.1 Å². The summed E-state index contributed by atoms with van der Waals surface area (Å²) in [7, 11) is -5.56. The van der Waals surface area contributed by atoms with Gasteiger partial charge in [0, 0.05) is 22.8 Å². The molecular formula is C34H17F8KO5S. The van der Waals surface area contributed by atoms with Crippen molar-refractivity contribution in [3.63, 3.8) is 0 Å². The third-order valence-electron chi connectivity index (χ3n) is 7.08. The first-order chi connectivity index (χ1) is 22.5. The normalized spacial score (nSPS) is 11.1. The topological polar surface area (TPSA) is 75.7 Å². The second-order valence-electron chi connectivity index (χ2n) is 10.2. The van der Waals surface area contributed by atoms with Crippen LogP contribution in [-0.4, -0.2) is 13.0 Å². The standard InChI is InChI=1S/C34H18F8O5S.K/c1-4-17-6-8-18(9-7-17)20-13-15(2)5-11-21(20)46-19-10-12-22(23(14-19)48(43,44)45)47-34-32(41)30(39)25(31(40)33(34)42)24-28(37)26(35)16(3)27(36)29(24)38;/h1,5-14H,2-3H3,(H,43,44,45);/q;+1/p-1. The van der Waals surface area contributed by atoms with Crippen LogP contribution in [-0.2, 0) is 10.1 Å². The van der Waals surface area contributed by atoms with Gasteiger partial charge >= 0.3 is 51.4 Å². The number of rotatable bonds is 7. The van der Waals surface area contributed by atoms with Gasteiger partial charge in [0.2, 0.25) is 17.4 Å². The first kappa shape index (κ1) is 38.1. The summed E-state index contributed by atoms with van der Waals surface area (Å²) in [5.74, 6) is -19.8. The van der Waals surface area contributed by atoms with Crippen LogP contribution in [0.5, 0.6) is 23.0 Å². The average molecular weight is 729 g/mol. The summed E-state index contributed by atoms with van der Waals surface area (Å²) < 4.78 is 165. The Hall–Kier alpha value is -3.75. The fourth-order valence-corrected chi connectivity index (χ4v) is 5.27. The monoisotopic (exact) mass is 728 g/mol. The van der Waals surface area contributed by atoms with Crippen molar-refractivity contribution in [2.45, 2.75) is 18.7 Å². The van der Waals surface area contributed by atoms with Gasteiger partial charge in [0.1, 0.15) is 32.3 Å². The third kappa shape index (κ3) is 7.27. The average Bonchev–Trinajstić information content (AvgIpc) is 3.06. The maximum atomic E-state index is 15.1. The maximum absolute atomic E-state index is 15.1. The van der Waals surface area contributed by atoms with Gasteiger partial charge in [-0.3, -0.25) is 0 Å². The van der Waals surface area contributed by atoms with Crippen molar-refractivity contribution < 1.29 is 109 Å². The number of benzene rings is 5. The van der Waals surface area contributed by atoms with Crippen molar-refractivity contribution in [3.8, 4) is 57.6 Å². The molecule has 5 aromatic rings. The quantitative estimate of drug-likeness (QED) is 0.0654. The predicted molar refractivity (Wildman–Crippen MR) is 155 cm³/mol. The molecular weight excluding hydrogens is 712 g/mol. The number of ether oxygens (including phenoxy) is 2. The second kappa shape index (κ2) is 14.6. The zero-order valence-corrected chi connectivity index (χ0v) is 29.3. The zero-order valence-electron chi connectivity index (χ0n) is 25.3. The number of halogens is 8. The van der Waals surface area contributed by atoms with Crippen molar-refractivity contribution in [2.75, 3.05) is 0 Å². The Morgan fingerprint density at radius 1 is 0.653 bits per heavy atom. The number of hydrogen-bond acceptors (Lipinski definition) is 5. The van der Waals surface area contributed by atoms with Crippen LogP contribution in [0, 0.1) is 72.7 Å². The summed E-state index contributed by atoms with van der Waals surface area (Å²) in [4.78, 5) is -1.30. The van der Waals surface area contributed by atoms with Gasteiger partial charge in [-0.15, -0.1) is 6.42 Å². The molecule has 0 aliphatic rings. The van der Waals surface area contributed by atoms with Crippen LogP contribution in [0.3, 0.4) is 0 Å². The Morgan fingerprint density at radius 2 is 1.16 bits per heavy atom. The Balaban J connectivity index is 0.00000541. The van der Waals surface area contributed by atoms with Gasteiger partial charge in [-0.1, -0.05) is 29.7 Å². The Kier molecular flexibility index (Phi) is 11.4. The predicted octanol–water partition coefficient (Wildman–Crippen LogP) is 6.22. The first-order valence-electron chi connectivity index (χ1n) is 13.4. The molecule has 0 spiro atoms.